The molecule has 1 saturated carbocycles. The van der Waals surface area contributed by atoms with Crippen molar-refractivity contribution < 1.29 is 14.7 Å². The Balaban J connectivity index is 1.86. The van der Waals surface area contributed by atoms with Crippen molar-refractivity contribution in [2.45, 2.75) is 46.0 Å². The molecule has 1 aliphatic carbocycles. The zero-order valence-electron chi connectivity index (χ0n) is 13.4. The molecule has 0 aromatic heterocycles. The van der Waals surface area contributed by atoms with Crippen molar-refractivity contribution in [1.29, 1.82) is 0 Å². The second-order valence-electron chi connectivity index (χ2n) is 6.74. The molecule has 0 unspecified atom stereocenters. The van der Waals surface area contributed by atoms with E-state index in [1.54, 1.807) is 18.2 Å². The fraction of sp³-hybridized carbons (Fsp3) is 0.556. The molecule has 2 N–H and O–H groups in total. The van der Waals surface area contributed by atoms with Gasteiger partial charge in [-0.1, -0.05) is 32.4 Å². The molecule has 0 atom stereocenters. The number of hydrogen-bond donors (Lipinski definition) is 2. The standard InChI is InChI=1S/C18H25NO3/c1-13(2)12-18(8-4-9-18)17(22)19-10-7-14-5-3-6-15(11-14)16(20)21/h3,5-6,11,13H,4,7-10,12H2,1-2H3,(H,19,22)(H,20,21). The van der Waals surface area contributed by atoms with Gasteiger partial charge in [0, 0.05) is 12.0 Å². The van der Waals surface area contributed by atoms with Crippen LogP contribution in [0, 0.1) is 11.3 Å². The van der Waals surface area contributed by atoms with E-state index < -0.39 is 5.97 Å². The Labute approximate surface area is 131 Å². The molecule has 1 fully saturated rings. The molecule has 4 nitrogen and oxygen atoms in total. The van der Waals surface area contributed by atoms with Crippen molar-refractivity contribution in [3.8, 4) is 0 Å². The number of amides is 1. The van der Waals surface area contributed by atoms with E-state index >= 15 is 0 Å². The van der Waals surface area contributed by atoms with Crippen LogP contribution in [0.2, 0.25) is 0 Å². The lowest BCUT2D eigenvalue weighted by Gasteiger charge is -2.41. The molecule has 1 aliphatic rings. The van der Waals surface area contributed by atoms with Crippen LogP contribution in [-0.4, -0.2) is 23.5 Å². The number of carboxylic acids is 1. The maximum Gasteiger partial charge on any atom is 0.335 e. The van der Waals surface area contributed by atoms with Crippen molar-refractivity contribution in [3.05, 3.63) is 35.4 Å². The smallest absolute Gasteiger partial charge is 0.335 e. The zero-order chi connectivity index (χ0) is 16.2. The van der Waals surface area contributed by atoms with Gasteiger partial charge in [0.15, 0.2) is 0 Å². The van der Waals surface area contributed by atoms with Gasteiger partial charge in [-0.15, -0.1) is 0 Å². The summed E-state index contributed by atoms with van der Waals surface area (Å²) in [7, 11) is 0. The van der Waals surface area contributed by atoms with Crippen molar-refractivity contribution in [2.75, 3.05) is 6.54 Å². The molecule has 0 saturated heterocycles. The molecule has 4 heteroatoms. The maximum absolute atomic E-state index is 12.4. The lowest BCUT2D eigenvalue weighted by Crippen LogP contribution is -2.47. The molecule has 1 aromatic carbocycles. The van der Waals surface area contributed by atoms with Gasteiger partial charge in [0.2, 0.25) is 5.91 Å². The summed E-state index contributed by atoms with van der Waals surface area (Å²) in [5.41, 5.74) is 1.07. The van der Waals surface area contributed by atoms with Crippen molar-refractivity contribution in [3.63, 3.8) is 0 Å². The molecule has 2 rings (SSSR count). The maximum atomic E-state index is 12.4. The fourth-order valence-corrected chi connectivity index (χ4v) is 3.28. The zero-order valence-corrected chi connectivity index (χ0v) is 13.4. The van der Waals surface area contributed by atoms with Gasteiger partial charge in [0.05, 0.1) is 5.56 Å². The molecular formula is C18H25NO3. The average Bonchev–Trinajstić information content (AvgIpc) is 2.42. The molecule has 0 heterocycles. The van der Waals surface area contributed by atoms with Gasteiger partial charge in [0.1, 0.15) is 0 Å². The highest BCUT2D eigenvalue weighted by Gasteiger charge is 2.43. The van der Waals surface area contributed by atoms with E-state index in [0.29, 0.717) is 24.4 Å². The average molecular weight is 303 g/mol. The van der Waals surface area contributed by atoms with Crippen LogP contribution in [0.3, 0.4) is 0 Å². The molecule has 1 amide bonds. The summed E-state index contributed by atoms with van der Waals surface area (Å²) < 4.78 is 0. The number of rotatable bonds is 7. The van der Waals surface area contributed by atoms with Crippen LogP contribution in [0.15, 0.2) is 24.3 Å². The molecule has 0 aliphatic heterocycles. The molecule has 22 heavy (non-hydrogen) atoms. The Hall–Kier alpha value is -1.84. The molecular weight excluding hydrogens is 278 g/mol. The monoisotopic (exact) mass is 303 g/mol. The Morgan fingerprint density at radius 2 is 2.05 bits per heavy atom. The van der Waals surface area contributed by atoms with Gasteiger partial charge in [-0.25, -0.2) is 4.79 Å². The van der Waals surface area contributed by atoms with Crippen LogP contribution in [0.1, 0.15) is 55.5 Å². The number of nitrogens with one attached hydrogen (secondary N) is 1. The SMILES string of the molecule is CC(C)CC1(C(=O)NCCc2cccc(C(=O)O)c2)CCC1. The summed E-state index contributed by atoms with van der Waals surface area (Å²) >= 11 is 0. The van der Waals surface area contributed by atoms with Crippen molar-refractivity contribution in [2.24, 2.45) is 11.3 Å². The van der Waals surface area contributed by atoms with Gasteiger partial charge in [-0.2, -0.15) is 0 Å². The summed E-state index contributed by atoms with van der Waals surface area (Å²) in [5.74, 6) is -0.226. The van der Waals surface area contributed by atoms with E-state index in [0.717, 1.165) is 31.2 Å². The quantitative estimate of drug-likeness (QED) is 0.812. The molecule has 120 valence electrons. The summed E-state index contributed by atoms with van der Waals surface area (Å²) in [5, 5.41) is 12.0. The summed E-state index contributed by atoms with van der Waals surface area (Å²) in [4.78, 5) is 23.4. The van der Waals surface area contributed by atoms with Crippen molar-refractivity contribution in [1.82, 2.24) is 5.32 Å². The highest BCUT2D eigenvalue weighted by molar-refractivity contribution is 5.87. The number of carbonyl (C=O) groups excluding carboxylic acids is 1. The van der Waals surface area contributed by atoms with E-state index in [-0.39, 0.29) is 11.3 Å². The van der Waals surface area contributed by atoms with Crippen LogP contribution >= 0.6 is 0 Å². The summed E-state index contributed by atoms with van der Waals surface area (Å²) in [6.45, 7) is 4.87. The van der Waals surface area contributed by atoms with E-state index in [2.05, 4.69) is 19.2 Å². The van der Waals surface area contributed by atoms with Crippen LogP contribution in [0.5, 0.6) is 0 Å². The second-order valence-corrected chi connectivity index (χ2v) is 6.74. The Morgan fingerprint density at radius 1 is 1.32 bits per heavy atom. The Morgan fingerprint density at radius 3 is 2.59 bits per heavy atom. The van der Waals surface area contributed by atoms with Gasteiger partial charge in [-0.3, -0.25) is 4.79 Å². The number of aromatic carboxylic acids is 1. The van der Waals surface area contributed by atoms with Gasteiger partial charge in [-0.05, 0) is 49.3 Å². The minimum atomic E-state index is -0.920. The van der Waals surface area contributed by atoms with Crippen LogP contribution in [0.25, 0.3) is 0 Å². The first-order valence-electron chi connectivity index (χ1n) is 8.03. The molecule has 0 bridgehead atoms. The minimum absolute atomic E-state index is 0.156. The van der Waals surface area contributed by atoms with E-state index in [9.17, 15) is 9.59 Å². The lowest BCUT2D eigenvalue weighted by atomic mass is 9.64. The minimum Gasteiger partial charge on any atom is -0.478 e. The predicted octanol–water partition coefficient (Wildman–Crippen LogP) is 3.26. The first kappa shape index (κ1) is 16.5. The summed E-state index contributed by atoms with van der Waals surface area (Å²) in [6.07, 6.45) is 4.73. The normalized spacial score (nSPS) is 16.1. The van der Waals surface area contributed by atoms with Crippen LogP contribution in [0.4, 0.5) is 0 Å². The third kappa shape index (κ3) is 3.87. The van der Waals surface area contributed by atoms with E-state index in [1.165, 1.54) is 0 Å². The number of carboxylic acid groups (broad SMARTS) is 1. The highest BCUT2D eigenvalue weighted by atomic mass is 16.4. The van der Waals surface area contributed by atoms with Gasteiger partial charge < -0.3 is 10.4 Å². The number of hydrogen-bond acceptors (Lipinski definition) is 2. The molecule has 0 radical (unpaired) electrons. The fourth-order valence-electron chi connectivity index (χ4n) is 3.28. The number of carbonyl (C=O) groups is 2. The van der Waals surface area contributed by atoms with E-state index in [1.807, 2.05) is 6.07 Å². The lowest BCUT2D eigenvalue weighted by molar-refractivity contribution is -0.137. The molecule has 1 aromatic rings. The third-order valence-corrected chi connectivity index (χ3v) is 4.46. The van der Waals surface area contributed by atoms with E-state index in [4.69, 9.17) is 5.11 Å². The van der Waals surface area contributed by atoms with Crippen LogP contribution < -0.4 is 5.32 Å². The van der Waals surface area contributed by atoms with Crippen molar-refractivity contribution >= 4 is 11.9 Å². The van der Waals surface area contributed by atoms with Crippen LogP contribution in [-0.2, 0) is 11.2 Å². The Kier molecular flexibility index (Phi) is 5.22. The molecule has 0 spiro atoms. The topological polar surface area (TPSA) is 66.4 Å². The predicted molar refractivity (Wildman–Crippen MR) is 85.9 cm³/mol. The largest absolute Gasteiger partial charge is 0.478 e. The third-order valence-electron chi connectivity index (χ3n) is 4.46. The number of benzene rings is 1. The summed E-state index contributed by atoms with van der Waals surface area (Å²) in [6, 6.07) is 6.89. The Bertz CT molecular complexity index is 547. The van der Waals surface area contributed by atoms with Gasteiger partial charge >= 0.3 is 5.97 Å². The van der Waals surface area contributed by atoms with Gasteiger partial charge in [0.25, 0.3) is 0 Å². The highest BCUT2D eigenvalue weighted by Crippen LogP contribution is 2.46. The second kappa shape index (κ2) is 6.95. The first-order valence-corrected chi connectivity index (χ1v) is 8.03. The first-order chi connectivity index (χ1) is 10.4.